The van der Waals surface area contributed by atoms with E-state index in [0.717, 1.165) is 6.07 Å². The van der Waals surface area contributed by atoms with Crippen molar-refractivity contribution in [1.82, 2.24) is 15.4 Å². The molecule has 2 amide bonds. The van der Waals surface area contributed by atoms with Crippen molar-refractivity contribution in [3.63, 3.8) is 0 Å². The summed E-state index contributed by atoms with van der Waals surface area (Å²) in [4.78, 5) is 28.9. The number of hydrogen-bond acceptors (Lipinski definition) is 6. The summed E-state index contributed by atoms with van der Waals surface area (Å²) in [6, 6.07) is 9.11. The number of halogens is 3. The molecule has 1 saturated heterocycles. The van der Waals surface area contributed by atoms with Gasteiger partial charge < -0.3 is 9.15 Å². The fraction of sp³-hybridized carbons (Fsp3) is 0.286. The Kier molecular flexibility index (Phi) is 6.78. The number of hydrogen-bond donors (Lipinski definition) is 2. The van der Waals surface area contributed by atoms with E-state index >= 15 is 0 Å². The van der Waals surface area contributed by atoms with E-state index in [1.165, 1.54) is 12.1 Å². The number of fused-ring (bicyclic) bond motifs is 1. The molecule has 2 heterocycles. The van der Waals surface area contributed by atoms with Crippen LogP contribution in [0.2, 0.25) is 10.0 Å². The van der Waals surface area contributed by atoms with Crippen LogP contribution in [-0.2, 0) is 9.59 Å². The van der Waals surface area contributed by atoms with E-state index in [9.17, 15) is 14.0 Å². The molecule has 0 unspecified atom stereocenters. The van der Waals surface area contributed by atoms with Crippen molar-refractivity contribution in [3.05, 3.63) is 52.3 Å². The molecule has 1 aliphatic heterocycles. The second-order valence-electron chi connectivity index (χ2n) is 7.28. The quantitative estimate of drug-likeness (QED) is 0.552. The van der Waals surface area contributed by atoms with Crippen LogP contribution in [0.3, 0.4) is 0 Å². The van der Waals surface area contributed by atoms with Crippen molar-refractivity contribution in [2.75, 3.05) is 25.0 Å². The summed E-state index contributed by atoms with van der Waals surface area (Å²) in [5, 5.41) is 4.93. The Hall–Kier alpha value is -2.88. The minimum Gasteiger partial charge on any atom is -0.484 e. The molecule has 11 heteroatoms. The van der Waals surface area contributed by atoms with Crippen LogP contribution in [0.5, 0.6) is 5.75 Å². The number of ether oxygens (including phenoxy) is 1. The summed E-state index contributed by atoms with van der Waals surface area (Å²) < 4.78 is 24.2. The lowest BCUT2D eigenvalue weighted by Gasteiger charge is -2.31. The van der Waals surface area contributed by atoms with Gasteiger partial charge in [-0.2, -0.15) is 4.98 Å². The first-order chi connectivity index (χ1) is 15.4. The first-order valence-corrected chi connectivity index (χ1v) is 10.6. The molecule has 0 spiro atoms. The molecule has 2 aromatic carbocycles. The van der Waals surface area contributed by atoms with Crippen LogP contribution in [-0.4, -0.2) is 41.5 Å². The maximum atomic E-state index is 13.4. The molecule has 0 bridgehead atoms. The van der Waals surface area contributed by atoms with E-state index in [1.807, 2.05) is 0 Å². The number of piperidine rings is 1. The van der Waals surface area contributed by atoms with Crippen molar-refractivity contribution in [2.24, 2.45) is 5.92 Å². The van der Waals surface area contributed by atoms with Crippen molar-refractivity contribution in [1.29, 1.82) is 0 Å². The summed E-state index contributed by atoms with van der Waals surface area (Å²) in [6.07, 6.45) is 1.09. The zero-order valence-electron chi connectivity index (χ0n) is 16.7. The fourth-order valence-corrected chi connectivity index (χ4v) is 3.62. The number of amides is 2. The van der Waals surface area contributed by atoms with E-state index in [0.29, 0.717) is 42.1 Å². The maximum absolute atomic E-state index is 13.4. The summed E-state index contributed by atoms with van der Waals surface area (Å²) in [5.41, 5.74) is 3.82. The molecule has 32 heavy (non-hydrogen) atoms. The summed E-state index contributed by atoms with van der Waals surface area (Å²) in [5.74, 6) is -1.23. The van der Waals surface area contributed by atoms with E-state index in [1.54, 1.807) is 23.2 Å². The third kappa shape index (κ3) is 5.48. The number of carbonyl (C=O) groups is 2. The third-order valence-corrected chi connectivity index (χ3v) is 5.53. The van der Waals surface area contributed by atoms with Gasteiger partial charge in [-0.3, -0.25) is 20.3 Å². The van der Waals surface area contributed by atoms with Gasteiger partial charge in [0.05, 0.1) is 5.02 Å². The fourth-order valence-electron chi connectivity index (χ4n) is 3.34. The van der Waals surface area contributed by atoms with Gasteiger partial charge in [-0.05, 0) is 43.2 Å². The minimum atomic E-state index is -0.619. The molecule has 1 aromatic heterocycles. The van der Waals surface area contributed by atoms with Crippen LogP contribution >= 0.6 is 23.2 Å². The lowest BCUT2D eigenvalue weighted by Crippen LogP contribution is -2.49. The molecule has 0 saturated carbocycles. The third-order valence-electron chi connectivity index (χ3n) is 4.99. The number of rotatable bonds is 6. The number of aromatic nitrogens is 1. The lowest BCUT2D eigenvalue weighted by atomic mass is 9.97. The van der Waals surface area contributed by atoms with Crippen LogP contribution in [0.25, 0.3) is 11.1 Å². The predicted molar refractivity (Wildman–Crippen MR) is 117 cm³/mol. The second-order valence-corrected chi connectivity index (χ2v) is 8.12. The minimum absolute atomic E-state index is 0.0193. The van der Waals surface area contributed by atoms with Crippen molar-refractivity contribution in [3.8, 4) is 5.75 Å². The molecular formula is C21H19Cl2FN4O4. The number of oxazole rings is 1. The van der Waals surface area contributed by atoms with Gasteiger partial charge in [0.25, 0.3) is 5.91 Å². The van der Waals surface area contributed by atoms with E-state index in [4.69, 9.17) is 32.4 Å². The average Bonchev–Trinajstić information content (AvgIpc) is 3.16. The van der Waals surface area contributed by atoms with Gasteiger partial charge in [-0.25, -0.2) is 9.40 Å². The Morgan fingerprint density at radius 2 is 1.97 bits per heavy atom. The molecule has 0 aliphatic carbocycles. The highest BCUT2D eigenvalue weighted by molar-refractivity contribution is 6.31. The molecule has 4 rings (SSSR count). The van der Waals surface area contributed by atoms with Crippen LogP contribution in [0, 0.1) is 11.7 Å². The van der Waals surface area contributed by atoms with Gasteiger partial charge in [-0.15, -0.1) is 0 Å². The largest absolute Gasteiger partial charge is 0.484 e. The Morgan fingerprint density at radius 1 is 1.19 bits per heavy atom. The highest BCUT2D eigenvalue weighted by Crippen LogP contribution is 2.24. The van der Waals surface area contributed by atoms with Gasteiger partial charge in [0.2, 0.25) is 5.91 Å². The highest BCUT2D eigenvalue weighted by Gasteiger charge is 2.27. The molecular weight excluding hydrogens is 462 g/mol. The second kappa shape index (κ2) is 9.72. The molecule has 0 atom stereocenters. The topological polar surface area (TPSA) is 96.7 Å². The Morgan fingerprint density at radius 3 is 2.72 bits per heavy atom. The highest BCUT2D eigenvalue weighted by atomic mass is 35.5. The first-order valence-electron chi connectivity index (χ1n) is 9.86. The summed E-state index contributed by atoms with van der Waals surface area (Å²) in [7, 11) is 0. The summed E-state index contributed by atoms with van der Waals surface area (Å²) in [6.45, 7) is 0.703. The average molecular weight is 481 g/mol. The van der Waals surface area contributed by atoms with Gasteiger partial charge in [-0.1, -0.05) is 23.2 Å². The summed E-state index contributed by atoms with van der Waals surface area (Å²) >= 11 is 11.6. The van der Waals surface area contributed by atoms with Crippen molar-refractivity contribution < 1.29 is 23.1 Å². The normalized spacial score (nSPS) is 15.0. The zero-order chi connectivity index (χ0) is 22.7. The van der Waals surface area contributed by atoms with Gasteiger partial charge >= 0.3 is 6.01 Å². The number of anilines is 1. The number of nitrogens with one attached hydrogen (secondary N) is 2. The van der Waals surface area contributed by atoms with Crippen LogP contribution in [0.4, 0.5) is 10.4 Å². The van der Waals surface area contributed by atoms with Gasteiger partial charge in [0.1, 0.15) is 17.1 Å². The molecule has 1 fully saturated rings. The van der Waals surface area contributed by atoms with E-state index in [-0.39, 0.29) is 41.1 Å². The smallest absolute Gasteiger partial charge is 0.302 e. The maximum Gasteiger partial charge on any atom is 0.302 e. The van der Waals surface area contributed by atoms with Gasteiger partial charge in [0.15, 0.2) is 12.2 Å². The molecule has 1 aliphatic rings. The van der Waals surface area contributed by atoms with E-state index < -0.39 is 5.82 Å². The molecule has 8 nitrogen and oxygen atoms in total. The van der Waals surface area contributed by atoms with Crippen molar-refractivity contribution in [2.45, 2.75) is 12.8 Å². The molecule has 168 valence electrons. The Balaban J connectivity index is 1.22. The Labute approximate surface area is 192 Å². The number of hydrazine groups is 1. The Bertz CT molecular complexity index is 1150. The SMILES string of the molecule is O=C(COc1ccc(Cl)c(F)c1)NN1CCC(C(=O)Nc2nc3cc(Cl)ccc3o2)CC1. The number of benzene rings is 2. The van der Waals surface area contributed by atoms with Crippen LogP contribution in [0.1, 0.15) is 12.8 Å². The lowest BCUT2D eigenvalue weighted by molar-refractivity contribution is -0.129. The standard InChI is InChI=1S/C21H19Cl2FN4O4/c22-13-1-4-18-17(9-13)25-21(32-18)26-20(30)12-5-7-28(8-6-12)27-19(29)11-31-14-2-3-15(23)16(24)10-14/h1-4,9-10,12H,5-8,11H2,(H,27,29)(H,25,26,30). The van der Waals surface area contributed by atoms with Crippen LogP contribution in [0.15, 0.2) is 40.8 Å². The first kappa shape index (κ1) is 22.3. The van der Waals surface area contributed by atoms with Crippen molar-refractivity contribution >= 4 is 52.1 Å². The van der Waals surface area contributed by atoms with Crippen LogP contribution < -0.4 is 15.5 Å². The molecule has 2 N–H and O–H groups in total. The van der Waals surface area contributed by atoms with E-state index in [2.05, 4.69) is 15.7 Å². The molecule has 3 aromatic rings. The zero-order valence-corrected chi connectivity index (χ0v) is 18.3. The number of nitrogens with zero attached hydrogens (tertiary/aromatic N) is 2. The van der Waals surface area contributed by atoms with Gasteiger partial charge in [0, 0.05) is 30.1 Å². The predicted octanol–water partition coefficient (Wildman–Crippen LogP) is 4.03. The number of carbonyl (C=O) groups excluding carboxylic acids is 2. The monoisotopic (exact) mass is 480 g/mol. The molecule has 0 radical (unpaired) electrons.